The molecule has 0 fully saturated rings. The summed E-state index contributed by atoms with van der Waals surface area (Å²) in [5.74, 6) is -0.226. The average Bonchev–Trinajstić information content (AvgIpc) is 2.37. The van der Waals surface area contributed by atoms with E-state index in [0.717, 1.165) is 18.4 Å². The Morgan fingerprint density at radius 1 is 1.40 bits per heavy atom. The lowest BCUT2D eigenvalue weighted by atomic mass is 10.1. The van der Waals surface area contributed by atoms with Gasteiger partial charge in [-0.05, 0) is 30.5 Å². The summed E-state index contributed by atoms with van der Waals surface area (Å²) in [5, 5.41) is 0. The zero-order valence-corrected chi connectivity index (χ0v) is 11.7. The lowest BCUT2D eigenvalue weighted by Crippen LogP contribution is -2.29. The Morgan fingerprint density at radius 3 is 2.85 bits per heavy atom. The van der Waals surface area contributed by atoms with Crippen LogP contribution < -0.4 is 20.9 Å². The maximum Gasteiger partial charge on any atom is 0.244 e. The van der Waals surface area contributed by atoms with Crippen molar-refractivity contribution in [3.63, 3.8) is 0 Å². The standard InChI is InChI=1S/C12H17N3O4S/c13-9-6-8-2-1-5-19-12(8)10(7-9)20(17,18)15-4-3-11(14)16/h6-7,15H,1-5,13H2,(H2,14,16). The molecule has 0 aromatic heterocycles. The van der Waals surface area contributed by atoms with E-state index in [1.807, 2.05) is 0 Å². The van der Waals surface area contributed by atoms with Gasteiger partial charge >= 0.3 is 0 Å². The maximum atomic E-state index is 12.2. The molecule has 0 saturated carbocycles. The minimum Gasteiger partial charge on any atom is -0.492 e. The number of hydrogen-bond donors (Lipinski definition) is 3. The van der Waals surface area contributed by atoms with Crippen molar-refractivity contribution in [2.24, 2.45) is 5.73 Å². The molecule has 0 saturated heterocycles. The molecule has 1 heterocycles. The van der Waals surface area contributed by atoms with Gasteiger partial charge in [0.1, 0.15) is 10.6 Å². The highest BCUT2D eigenvalue weighted by Gasteiger charge is 2.24. The Kier molecular flexibility index (Phi) is 4.15. The van der Waals surface area contributed by atoms with Crippen molar-refractivity contribution in [2.45, 2.75) is 24.2 Å². The molecule has 0 unspecified atom stereocenters. The first-order valence-electron chi connectivity index (χ1n) is 6.23. The third-order valence-corrected chi connectivity index (χ3v) is 4.41. The van der Waals surface area contributed by atoms with E-state index in [4.69, 9.17) is 16.2 Å². The second kappa shape index (κ2) is 5.68. The van der Waals surface area contributed by atoms with Crippen molar-refractivity contribution in [3.05, 3.63) is 17.7 Å². The normalized spacial score (nSPS) is 14.4. The topological polar surface area (TPSA) is 125 Å². The number of ether oxygens (including phenoxy) is 1. The first-order chi connectivity index (χ1) is 9.40. The number of nitrogens with one attached hydrogen (secondary N) is 1. The zero-order valence-electron chi connectivity index (χ0n) is 10.9. The van der Waals surface area contributed by atoms with Crippen LogP contribution in [0, 0.1) is 0 Å². The van der Waals surface area contributed by atoms with Crippen LogP contribution in [0.2, 0.25) is 0 Å². The third kappa shape index (κ3) is 3.20. The molecule has 0 aliphatic carbocycles. The van der Waals surface area contributed by atoms with Crippen LogP contribution in [0.1, 0.15) is 18.4 Å². The predicted molar refractivity (Wildman–Crippen MR) is 73.7 cm³/mol. The molecule has 110 valence electrons. The predicted octanol–water partition coefficient (Wildman–Crippen LogP) is -0.252. The third-order valence-electron chi connectivity index (χ3n) is 2.94. The largest absolute Gasteiger partial charge is 0.492 e. The first kappa shape index (κ1) is 14.6. The van der Waals surface area contributed by atoms with Gasteiger partial charge in [0.05, 0.1) is 6.61 Å². The average molecular weight is 299 g/mol. The highest BCUT2D eigenvalue weighted by atomic mass is 32.2. The number of rotatable bonds is 5. The van der Waals surface area contributed by atoms with Crippen molar-refractivity contribution in [1.29, 1.82) is 0 Å². The number of sulfonamides is 1. The summed E-state index contributed by atoms with van der Waals surface area (Å²) < 4.78 is 32.3. The Hall–Kier alpha value is -1.80. The number of amides is 1. The summed E-state index contributed by atoms with van der Waals surface area (Å²) in [6, 6.07) is 3.08. The highest BCUT2D eigenvalue weighted by molar-refractivity contribution is 7.89. The van der Waals surface area contributed by atoms with Gasteiger partial charge in [-0.25, -0.2) is 13.1 Å². The summed E-state index contributed by atoms with van der Waals surface area (Å²) in [6.07, 6.45) is 1.49. The SMILES string of the molecule is NC(=O)CCNS(=O)(=O)c1cc(N)cc2c1OCCC2. The summed E-state index contributed by atoms with van der Waals surface area (Å²) in [5.41, 5.74) is 11.9. The molecule has 20 heavy (non-hydrogen) atoms. The monoisotopic (exact) mass is 299 g/mol. The van der Waals surface area contributed by atoms with E-state index >= 15 is 0 Å². The lowest BCUT2D eigenvalue weighted by Gasteiger charge is -2.21. The number of hydrogen-bond acceptors (Lipinski definition) is 5. The first-order valence-corrected chi connectivity index (χ1v) is 7.71. The summed E-state index contributed by atoms with van der Waals surface area (Å²) in [6.45, 7) is 0.419. The molecule has 1 amide bonds. The molecule has 7 nitrogen and oxygen atoms in total. The summed E-state index contributed by atoms with van der Waals surface area (Å²) >= 11 is 0. The van der Waals surface area contributed by atoms with Gasteiger partial charge in [0, 0.05) is 18.7 Å². The Balaban J connectivity index is 2.31. The Labute approximate surface area is 117 Å². The van der Waals surface area contributed by atoms with Gasteiger partial charge in [0.25, 0.3) is 0 Å². The van der Waals surface area contributed by atoms with Crippen LogP contribution in [-0.4, -0.2) is 27.5 Å². The highest BCUT2D eigenvalue weighted by Crippen LogP contribution is 2.34. The van der Waals surface area contributed by atoms with Crippen LogP contribution in [0.4, 0.5) is 5.69 Å². The lowest BCUT2D eigenvalue weighted by molar-refractivity contribution is -0.117. The van der Waals surface area contributed by atoms with Crippen LogP contribution >= 0.6 is 0 Å². The maximum absolute atomic E-state index is 12.2. The number of nitrogens with two attached hydrogens (primary N) is 2. The summed E-state index contributed by atoms with van der Waals surface area (Å²) in [4.78, 5) is 10.7. The number of fused-ring (bicyclic) bond motifs is 1. The fraction of sp³-hybridized carbons (Fsp3) is 0.417. The number of nitrogen functional groups attached to an aromatic ring is 1. The quantitative estimate of drug-likeness (QED) is 0.646. The smallest absolute Gasteiger partial charge is 0.244 e. The Morgan fingerprint density at radius 2 is 2.15 bits per heavy atom. The van der Waals surface area contributed by atoms with Gasteiger partial charge in [-0.1, -0.05) is 0 Å². The molecular weight excluding hydrogens is 282 g/mol. The molecule has 0 bridgehead atoms. The minimum atomic E-state index is -3.78. The molecule has 1 aliphatic rings. The van der Waals surface area contributed by atoms with E-state index in [1.165, 1.54) is 6.07 Å². The van der Waals surface area contributed by atoms with Gasteiger partial charge in [-0.3, -0.25) is 4.79 Å². The van der Waals surface area contributed by atoms with Gasteiger partial charge in [0.2, 0.25) is 15.9 Å². The van der Waals surface area contributed by atoms with Crippen molar-refractivity contribution >= 4 is 21.6 Å². The fourth-order valence-corrected chi connectivity index (χ4v) is 3.31. The van der Waals surface area contributed by atoms with Crippen LogP contribution in [0.25, 0.3) is 0 Å². The molecule has 2 rings (SSSR count). The molecule has 8 heteroatoms. The molecule has 1 aromatic rings. The van der Waals surface area contributed by atoms with E-state index in [2.05, 4.69) is 4.72 Å². The zero-order chi connectivity index (χ0) is 14.8. The number of carbonyl (C=O) groups is 1. The van der Waals surface area contributed by atoms with Crippen LogP contribution in [-0.2, 0) is 21.2 Å². The molecule has 0 spiro atoms. The van der Waals surface area contributed by atoms with Crippen molar-refractivity contribution in [3.8, 4) is 5.75 Å². The van der Waals surface area contributed by atoms with E-state index in [0.29, 0.717) is 18.0 Å². The van der Waals surface area contributed by atoms with E-state index in [1.54, 1.807) is 6.07 Å². The van der Waals surface area contributed by atoms with Crippen LogP contribution in [0.15, 0.2) is 17.0 Å². The molecule has 1 aromatic carbocycles. The second-order valence-corrected chi connectivity index (χ2v) is 6.31. The summed E-state index contributed by atoms with van der Waals surface area (Å²) in [7, 11) is -3.78. The van der Waals surface area contributed by atoms with Crippen molar-refractivity contribution in [2.75, 3.05) is 18.9 Å². The van der Waals surface area contributed by atoms with Gasteiger partial charge < -0.3 is 16.2 Å². The van der Waals surface area contributed by atoms with E-state index in [-0.39, 0.29) is 17.9 Å². The Bertz CT molecular complexity index is 628. The van der Waals surface area contributed by atoms with Crippen molar-refractivity contribution < 1.29 is 17.9 Å². The molecule has 5 N–H and O–H groups in total. The molecular formula is C12H17N3O4S. The number of aryl methyl sites for hydroxylation is 1. The molecule has 0 atom stereocenters. The minimum absolute atomic E-state index is 0.0108. The number of benzene rings is 1. The number of primary amides is 1. The molecule has 0 radical (unpaired) electrons. The van der Waals surface area contributed by atoms with Crippen molar-refractivity contribution in [1.82, 2.24) is 4.72 Å². The van der Waals surface area contributed by atoms with E-state index in [9.17, 15) is 13.2 Å². The van der Waals surface area contributed by atoms with Gasteiger partial charge in [0.15, 0.2) is 0 Å². The van der Waals surface area contributed by atoms with Crippen LogP contribution in [0.3, 0.4) is 0 Å². The number of carbonyl (C=O) groups excluding carboxylic acids is 1. The number of anilines is 1. The van der Waals surface area contributed by atoms with Gasteiger partial charge in [-0.2, -0.15) is 0 Å². The molecule has 1 aliphatic heterocycles. The van der Waals surface area contributed by atoms with Gasteiger partial charge in [-0.15, -0.1) is 0 Å². The fourth-order valence-electron chi connectivity index (χ4n) is 2.06. The second-order valence-electron chi connectivity index (χ2n) is 4.57. The van der Waals surface area contributed by atoms with E-state index < -0.39 is 15.9 Å². The van der Waals surface area contributed by atoms with Crippen LogP contribution in [0.5, 0.6) is 5.75 Å².